The molecule has 0 fully saturated rings. The summed E-state index contributed by atoms with van der Waals surface area (Å²) >= 11 is 0. The van der Waals surface area contributed by atoms with Gasteiger partial charge in [-0.05, 0) is 39.3 Å². The number of carbonyl (C=O) groups excluding carboxylic acids is 1. The first kappa shape index (κ1) is 17.3. The monoisotopic (exact) mass is 294 g/mol. The molecule has 0 saturated carbocycles. The van der Waals surface area contributed by atoms with E-state index in [2.05, 4.69) is 5.32 Å². The summed E-state index contributed by atoms with van der Waals surface area (Å²) in [7, 11) is 1.71. The van der Waals surface area contributed by atoms with Gasteiger partial charge in [-0.15, -0.1) is 0 Å². The van der Waals surface area contributed by atoms with Gasteiger partial charge in [0, 0.05) is 13.6 Å². The van der Waals surface area contributed by atoms with Crippen molar-refractivity contribution in [2.75, 3.05) is 20.1 Å². The number of aryl methyl sites for hydroxylation is 1. The van der Waals surface area contributed by atoms with Crippen molar-refractivity contribution < 1.29 is 14.6 Å². The van der Waals surface area contributed by atoms with Crippen LogP contribution in [0.4, 0.5) is 4.79 Å². The van der Waals surface area contributed by atoms with Crippen LogP contribution in [0.5, 0.6) is 5.75 Å². The number of nitrogens with zero attached hydrogens (tertiary/aromatic N) is 1. The summed E-state index contributed by atoms with van der Waals surface area (Å²) in [4.78, 5) is 13.4. The number of urea groups is 1. The van der Waals surface area contributed by atoms with Gasteiger partial charge < -0.3 is 20.1 Å². The van der Waals surface area contributed by atoms with E-state index in [1.54, 1.807) is 18.9 Å². The van der Waals surface area contributed by atoms with Crippen LogP contribution in [0.1, 0.15) is 25.8 Å². The van der Waals surface area contributed by atoms with Gasteiger partial charge >= 0.3 is 6.03 Å². The minimum absolute atomic E-state index is 0.109. The number of amides is 2. The number of carbonyl (C=O) groups is 1. The van der Waals surface area contributed by atoms with Crippen LogP contribution in [-0.2, 0) is 0 Å². The first-order valence-corrected chi connectivity index (χ1v) is 7.29. The lowest BCUT2D eigenvalue weighted by Gasteiger charge is -2.21. The Labute approximate surface area is 126 Å². The molecule has 2 unspecified atom stereocenters. The van der Waals surface area contributed by atoms with E-state index >= 15 is 0 Å². The Balaban J connectivity index is 2.30. The molecule has 118 valence electrons. The van der Waals surface area contributed by atoms with Crippen molar-refractivity contribution in [2.45, 2.75) is 39.4 Å². The fourth-order valence-corrected chi connectivity index (χ4v) is 1.74. The van der Waals surface area contributed by atoms with E-state index in [-0.39, 0.29) is 12.1 Å². The van der Waals surface area contributed by atoms with Crippen molar-refractivity contribution in [3.63, 3.8) is 0 Å². The molecular weight excluding hydrogens is 268 g/mol. The molecule has 0 aliphatic rings. The summed E-state index contributed by atoms with van der Waals surface area (Å²) in [6.45, 7) is 6.61. The van der Waals surface area contributed by atoms with Crippen LogP contribution in [0.25, 0.3) is 0 Å². The summed E-state index contributed by atoms with van der Waals surface area (Å²) < 4.78 is 5.72. The lowest BCUT2D eigenvalue weighted by Crippen LogP contribution is -2.42. The number of ether oxygens (including phenoxy) is 1. The lowest BCUT2D eigenvalue weighted by atomic mass is 10.2. The molecule has 0 bridgehead atoms. The van der Waals surface area contributed by atoms with Crippen molar-refractivity contribution in [1.29, 1.82) is 0 Å². The molecular formula is C16H26N2O3. The number of rotatable bonds is 7. The van der Waals surface area contributed by atoms with Gasteiger partial charge in [0.25, 0.3) is 0 Å². The van der Waals surface area contributed by atoms with E-state index in [1.807, 2.05) is 38.1 Å². The third-order valence-corrected chi connectivity index (χ3v) is 3.13. The van der Waals surface area contributed by atoms with Crippen LogP contribution < -0.4 is 10.1 Å². The maximum Gasteiger partial charge on any atom is 0.317 e. The molecule has 0 spiro atoms. The highest BCUT2D eigenvalue weighted by molar-refractivity contribution is 5.73. The predicted molar refractivity (Wildman–Crippen MR) is 83.6 cm³/mol. The molecule has 1 aromatic carbocycles. The number of benzene rings is 1. The zero-order chi connectivity index (χ0) is 15.8. The molecule has 0 aliphatic heterocycles. The molecule has 0 saturated heterocycles. The van der Waals surface area contributed by atoms with Crippen LogP contribution >= 0.6 is 0 Å². The second kappa shape index (κ2) is 8.52. The van der Waals surface area contributed by atoms with Crippen LogP contribution in [0, 0.1) is 6.92 Å². The molecule has 0 radical (unpaired) electrons. The van der Waals surface area contributed by atoms with Crippen LogP contribution in [0.2, 0.25) is 0 Å². The molecule has 0 aromatic heterocycles. The number of hydrogen-bond donors (Lipinski definition) is 2. The number of hydrogen-bond acceptors (Lipinski definition) is 3. The zero-order valence-electron chi connectivity index (χ0n) is 13.3. The van der Waals surface area contributed by atoms with Crippen molar-refractivity contribution in [1.82, 2.24) is 10.2 Å². The maximum absolute atomic E-state index is 11.8. The molecule has 0 aliphatic carbocycles. The molecule has 1 aromatic rings. The molecule has 5 nitrogen and oxygen atoms in total. The molecule has 2 N–H and O–H groups in total. The highest BCUT2D eigenvalue weighted by Gasteiger charge is 2.11. The van der Waals surface area contributed by atoms with Crippen LogP contribution in [0.15, 0.2) is 24.3 Å². The fourth-order valence-electron chi connectivity index (χ4n) is 1.74. The molecule has 0 heterocycles. The van der Waals surface area contributed by atoms with E-state index in [4.69, 9.17) is 4.74 Å². The molecule has 1 rings (SSSR count). The Kier molecular flexibility index (Phi) is 7.02. The average molecular weight is 294 g/mol. The summed E-state index contributed by atoms with van der Waals surface area (Å²) in [5.74, 6) is 0.796. The second-order valence-corrected chi connectivity index (χ2v) is 5.49. The van der Waals surface area contributed by atoms with E-state index < -0.39 is 6.10 Å². The Morgan fingerprint density at radius 1 is 1.33 bits per heavy atom. The van der Waals surface area contributed by atoms with E-state index in [0.717, 1.165) is 5.75 Å². The van der Waals surface area contributed by atoms with Crippen molar-refractivity contribution in [3.05, 3.63) is 29.8 Å². The highest BCUT2D eigenvalue weighted by Crippen LogP contribution is 2.12. The maximum atomic E-state index is 11.8. The van der Waals surface area contributed by atoms with Gasteiger partial charge in [-0.1, -0.05) is 17.7 Å². The summed E-state index contributed by atoms with van der Waals surface area (Å²) in [5, 5.41) is 12.0. The molecule has 21 heavy (non-hydrogen) atoms. The lowest BCUT2D eigenvalue weighted by molar-refractivity contribution is 0.160. The Morgan fingerprint density at radius 3 is 2.52 bits per heavy atom. The fraction of sp³-hybridized carbons (Fsp3) is 0.562. The predicted octanol–water partition coefficient (Wildman–Crippen LogP) is 2.17. The van der Waals surface area contributed by atoms with Gasteiger partial charge in [-0.2, -0.15) is 0 Å². The Hall–Kier alpha value is -1.75. The minimum atomic E-state index is -0.399. The van der Waals surface area contributed by atoms with Crippen LogP contribution in [-0.4, -0.2) is 48.4 Å². The zero-order valence-corrected chi connectivity index (χ0v) is 13.3. The van der Waals surface area contributed by atoms with Crippen molar-refractivity contribution in [2.24, 2.45) is 0 Å². The van der Waals surface area contributed by atoms with Gasteiger partial charge in [-0.25, -0.2) is 4.79 Å². The first-order chi connectivity index (χ1) is 9.88. The number of nitrogens with one attached hydrogen (secondary N) is 1. The molecule has 5 heteroatoms. The summed E-state index contributed by atoms with van der Waals surface area (Å²) in [5.41, 5.74) is 1.18. The summed E-state index contributed by atoms with van der Waals surface area (Å²) in [6, 6.07) is 7.66. The molecule has 2 amide bonds. The minimum Gasteiger partial charge on any atom is -0.489 e. The third kappa shape index (κ3) is 6.99. The standard InChI is InChI=1S/C16H26N2O3/c1-12-5-7-15(8-6-12)21-14(3)11-17-16(20)18(4)10-9-13(2)19/h5-8,13-14,19H,9-11H2,1-4H3,(H,17,20). The highest BCUT2D eigenvalue weighted by atomic mass is 16.5. The normalized spacial score (nSPS) is 13.4. The topological polar surface area (TPSA) is 61.8 Å². The van der Waals surface area contributed by atoms with Gasteiger partial charge in [-0.3, -0.25) is 0 Å². The number of aliphatic hydroxyl groups excluding tert-OH is 1. The van der Waals surface area contributed by atoms with Gasteiger partial charge in [0.1, 0.15) is 11.9 Å². The second-order valence-electron chi connectivity index (χ2n) is 5.49. The van der Waals surface area contributed by atoms with Gasteiger partial charge in [0.2, 0.25) is 0 Å². The number of aliphatic hydroxyl groups is 1. The first-order valence-electron chi connectivity index (χ1n) is 7.29. The van der Waals surface area contributed by atoms with E-state index in [0.29, 0.717) is 19.5 Å². The van der Waals surface area contributed by atoms with E-state index in [9.17, 15) is 9.90 Å². The van der Waals surface area contributed by atoms with Crippen molar-refractivity contribution >= 4 is 6.03 Å². The third-order valence-electron chi connectivity index (χ3n) is 3.13. The SMILES string of the molecule is Cc1ccc(OC(C)CNC(=O)N(C)CCC(C)O)cc1. The average Bonchev–Trinajstić information content (AvgIpc) is 2.44. The van der Waals surface area contributed by atoms with Crippen LogP contribution in [0.3, 0.4) is 0 Å². The van der Waals surface area contributed by atoms with Gasteiger partial charge in [0.05, 0.1) is 12.6 Å². The van der Waals surface area contributed by atoms with E-state index in [1.165, 1.54) is 5.56 Å². The Morgan fingerprint density at radius 2 is 1.95 bits per heavy atom. The van der Waals surface area contributed by atoms with Gasteiger partial charge in [0.15, 0.2) is 0 Å². The smallest absolute Gasteiger partial charge is 0.317 e. The van der Waals surface area contributed by atoms with Crippen molar-refractivity contribution in [3.8, 4) is 5.75 Å². The largest absolute Gasteiger partial charge is 0.489 e. The molecule has 2 atom stereocenters. The summed E-state index contributed by atoms with van der Waals surface area (Å²) in [6.07, 6.45) is 0.0603. The Bertz CT molecular complexity index is 432. The quantitative estimate of drug-likeness (QED) is 0.810.